The summed E-state index contributed by atoms with van der Waals surface area (Å²) in [5, 5.41) is 18.0. The van der Waals surface area contributed by atoms with E-state index in [1.165, 1.54) is 20.3 Å². The number of rotatable bonds is 11. The third kappa shape index (κ3) is 7.88. The molecule has 0 spiro atoms. The highest BCUT2D eigenvalue weighted by atomic mass is 32.2. The fourth-order valence-corrected chi connectivity index (χ4v) is 5.73. The monoisotopic (exact) mass is 569 g/mol. The van der Waals surface area contributed by atoms with E-state index in [2.05, 4.69) is 10.3 Å². The number of benzene rings is 2. The average molecular weight is 570 g/mol. The van der Waals surface area contributed by atoms with Crippen LogP contribution in [0.2, 0.25) is 0 Å². The van der Waals surface area contributed by atoms with Crippen molar-refractivity contribution in [3.8, 4) is 16.2 Å². The maximum atomic E-state index is 12.2. The topological polar surface area (TPSA) is 127 Å². The second-order valence-corrected chi connectivity index (χ2v) is 12.0. The quantitative estimate of drug-likeness (QED) is 0.139. The van der Waals surface area contributed by atoms with Crippen LogP contribution in [-0.4, -0.2) is 40.1 Å². The van der Waals surface area contributed by atoms with E-state index < -0.39 is 22.8 Å². The van der Waals surface area contributed by atoms with Crippen LogP contribution in [0.3, 0.4) is 0 Å². The number of hydroxylamine groups is 1. The van der Waals surface area contributed by atoms with Crippen LogP contribution in [0, 0.1) is 0 Å². The molecule has 1 atom stereocenters. The Morgan fingerprint density at radius 1 is 1.10 bits per heavy atom. The van der Waals surface area contributed by atoms with Crippen molar-refractivity contribution in [2.45, 2.75) is 51.8 Å². The molecule has 0 aliphatic heterocycles. The van der Waals surface area contributed by atoms with Crippen molar-refractivity contribution in [1.82, 2.24) is 20.5 Å². The summed E-state index contributed by atoms with van der Waals surface area (Å²) in [6, 6.07) is 20.5. The van der Waals surface area contributed by atoms with Crippen molar-refractivity contribution in [2.24, 2.45) is 0 Å². The predicted octanol–water partition coefficient (Wildman–Crippen LogP) is 4.40. The lowest BCUT2D eigenvalue weighted by Gasteiger charge is -2.21. The number of hydrogen-bond acceptors (Lipinski definition) is 8. The van der Waals surface area contributed by atoms with Crippen LogP contribution in [0.4, 0.5) is 5.00 Å². The fraction of sp³-hybridized carbons (Fsp3) is 0.296. The highest BCUT2D eigenvalue weighted by Crippen LogP contribution is 2.34. The average Bonchev–Trinajstić information content (AvgIpc) is 3.57. The minimum atomic E-state index is -2.94. The van der Waals surface area contributed by atoms with Crippen LogP contribution >= 0.6 is 11.3 Å². The Labute approximate surface area is 232 Å². The maximum Gasteiger partial charge on any atom is 0.245 e. The van der Waals surface area contributed by atoms with Gasteiger partial charge in [-0.2, -0.15) is 0 Å². The number of thiophene rings is 1. The number of amides is 1. The van der Waals surface area contributed by atoms with Crippen molar-refractivity contribution in [3.63, 3.8) is 0 Å². The molecule has 206 valence electrons. The first-order chi connectivity index (χ1) is 18.6. The molecule has 0 aliphatic carbocycles. The van der Waals surface area contributed by atoms with Crippen molar-refractivity contribution < 1.29 is 23.2 Å². The van der Waals surface area contributed by atoms with E-state index in [1.54, 1.807) is 17.7 Å². The normalized spacial score (nSPS) is 12.3. The van der Waals surface area contributed by atoms with Crippen LogP contribution in [0.25, 0.3) is 10.4 Å². The summed E-state index contributed by atoms with van der Waals surface area (Å²) < 4.78 is 33.0. The first kappa shape index (κ1) is 28.3. The summed E-state index contributed by atoms with van der Waals surface area (Å²) in [6.45, 7) is 5.90. The number of carbonyl (C=O) groups is 1. The molecule has 4 aromatic rings. The van der Waals surface area contributed by atoms with Crippen LogP contribution in [0.15, 0.2) is 72.9 Å². The lowest BCUT2D eigenvalue weighted by molar-refractivity contribution is -0.130. The Bertz CT molecular complexity index is 1450. The van der Waals surface area contributed by atoms with Gasteiger partial charge in [-0.1, -0.05) is 47.7 Å². The number of thiol groups is 1. The first-order valence-electron chi connectivity index (χ1n) is 12.3. The Balaban J connectivity index is 1.51. The summed E-state index contributed by atoms with van der Waals surface area (Å²) in [4.78, 5) is 13.0. The molecule has 1 amide bonds. The Morgan fingerprint density at radius 3 is 2.46 bits per heavy atom. The molecule has 0 unspecified atom stereocenters. The van der Waals surface area contributed by atoms with Gasteiger partial charge in [0.05, 0.1) is 25.2 Å². The van der Waals surface area contributed by atoms with Crippen molar-refractivity contribution in [3.05, 3.63) is 84.2 Å². The molecule has 2 heterocycles. The summed E-state index contributed by atoms with van der Waals surface area (Å²) >= 11 is 1.37. The second-order valence-electron chi connectivity index (χ2n) is 9.94. The number of nitrogens with one attached hydrogen (secondary N) is 1. The molecule has 2 aromatic heterocycles. The zero-order chi connectivity index (χ0) is 28.0. The molecule has 39 heavy (non-hydrogen) atoms. The lowest BCUT2D eigenvalue weighted by Crippen LogP contribution is -2.25. The van der Waals surface area contributed by atoms with Gasteiger partial charge >= 0.3 is 0 Å². The molecular weight excluding hydrogens is 538 g/mol. The minimum Gasteiger partial charge on any atom is -0.488 e. The van der Waals surface area contributed by atoms with Gasteiger partial charge in [-0.05, 0) is 62.6 Å². The van der Waals surface area contributed by atoms with Crippen LogP contribution in [-0.2, 0) is 28.7 Å². The second kappa shape index (κ2) is 12.4. The standard InChI is InChI=1S/C27H31N5O5S2/c1-27(2,3)37-23-11-9-19(10-12-23)15-22(16-25(33)29-34)31-17-21(28-30-31)18-32(39(35)36)26-14-13-24(38-26)20-7-5-4-6-8-20/h4-14,17,22,34,39H,15-16,18H2,1-3H3,(H,29,33)/t22-/m0/s1. The zero-order valence-electron chi connectivity index (χ0n) is 21.9. The van der Waals surface area contributed by atoms with E-state index in [-0.39, 0.29) is 18.6 Å². The smallest absolute Gasteiger partial charge is 0.245 e. The van der Waals surface area contributed by atoms with Gasteiger partial charge in [0.1, 0.15) is 22.0 Å². The molecule has 2 N–H and O–H groups in total. The number of hydrogen-bond donors (Lipinski definition) is 3. The van der Waals surface area contributed by atoms with Crippen LogP contribution in [0.5, 0.6) is 5.75 Å². The van der Waals surface area contributed by atoms with Gasteiger partial charge in [0.15, 0.2) is 0 Å². The van der Waals surface area contributed by atoms with Gasteiger partial charge in [-0.3, -0.25) is 14.3 Å². The summed E-state index contributed by atoms with van der Waals surface area (Å²) in [7, 11) is -2.94. The molecule has 2 aromatic carbocycles. The highest BCUT2D eigenvalue weighted by Gasteiger charge is 2.21. The Morgan fingerprint density at radius 2 is 1.82 bits per heavy atom. The first-order valence-corrected chi connectivity index (χ1v) is 14.2. The number of nitrogens with zero attached hydrogens (tertiary/aromatic N) is 4. The number of carbonyl (C=O) groups excluding carboxylic acids is 1. The molecule has 10 nitrogen and oxygen atoms in total. The van der Waals surface area contributed by atoms with E-state index in [4.69, 9.17) is 9.94 Å². The van der Waals surface area contributed by atoms with E-state index in [9.17, 15) is 13.2 Å². The Kier molecular flexibility index (Phi) is 9.00. The summed E-state index contributed by atoms with van der Waals surface area (Å²) in [5.74, 6) is 0.163. The van der Waals surface area contributed by atoms with E-state index >= 15 is 0 Å². The predicted molar refractivity (Wildman–Crippen MR) is 150 cm³/mol. The van der Waals surface area contributed by atoms with E-state index in [1.807, 2.05) is 81.4 Å². The third-order valence-corrected chi connectivity index (χ3v) is 7.75. The van der Waals surface area contributed by atoms with Gasteiger partial charge in [0, 0.05) is 4.88 Å². The lowest BCUT2D eigenvalue weighted by atomic mass is 10.0. The van der Waals surface area contributed by atoms with E-state index in [0.29, 0.717) is 17.1 Å². The summed E-state index contributed by atoms with van der Waals surface area (Å²) in [6.07, 6.45) is 2.01. The molecule has 12 heteroatoms. The molecule has 0 fully saturated rings. The van der Waals surface area contributed by atoms with Gasteiger partial charge in [0.25, 0.3) is 0 Å². The van der Waals surface area contributed by atoms with Gasteiger partial charge in [0.2, 0.25) is 16.8 Å². The van der Waals surface area contributed by atoms with Gasteiger partial charge in [-0.25, -0.2) is 18.6 Å². The molecule has 0 saturated carbocycles. The highest BCUT2D eigenvalue weighted by molar-refractivity contribution is 7.74. The molecule has 0 saturated heterocycles. The van der Waals surface area contributed by atoms with E-state index in [0.717, 1.165) is 21.8 Å². The molecule has 4 rings (SSSR count). The maximum absolute atomic E-state index is 12.2. The largest absolute Gasteiger partial charge is 0.488 e. The molecule has 0 aliphatic rings. The zero-order valence-corrected chi connectivity index (χ0v) is 23.6. The SMILES string of the molecule is CC(C)(C)Oc1ccc(C[C@@H](CC(=O)NO)n2cc(CN(c3ccc(-c4ccccc4)s3)[SH](=O)=O)nn2)cc1. The van der Waals surface area contributed by atoms with Crippen molar-refractivity contribution >= 4 is 33.1 Å². The van der Waals surface area contributed by atoms with Crippen molar-refractivity contribution in [1.29, 1.82) is 0 Å². The van der Waals surface area contributed by atoms with Crippen LogP contribution < -0.4 is 14.5 Å². The van der Waals surface area contributed by atoms with Crippen molar-refractivity contribution in [2.75, 3.05) is 4.31 Å². The Hall–Kier alpha value is -3.74. The van der Waals surface area contributed by atoms with Gasteiger partial charge in [-0.15, -0.1) is 16.4 Å². The minimum absolute atomic E-state index is 0.00873. The summed E-state index contributed by atoms with van der Waals surface area (Å²) in [5.41, 5.74) is 3.70. The molecule has 0 bridgehead atoms. The third-order valence-electron chi connectivity index (χ3n) is 5.71. The number of anilines is 1. The molecule has 0 radical (unpaired) electrons. The van der Waals surface area contributed by atoms with Gasteiger partial charge < -0.3 is 4.74 Å². The number of ether oxygens (including phenoxy) is 1. The van der Waals surface area contributed by atoms with Crippen LogP contribution in [0.1, 0.15) is 44.5 Å². The molecular formula is C27H31N5O5S2. The fourth-order valence-electron chi connectivity index (χ4n) is 4.00. The number of aromatic nitrogens is 3.